The van der Waals surface area contributed by atoms with Crippen molar-refractivity contribution in [2.24, 2.45) is 4.99 Å². The molecule has 1 aliphatic rings. The Morgan fingerprint density at radius 3 is 2.25 bits per heavy atom. The summed E-state index contributed by atoms with van der Waals surface area (Å²) in [6.07, 6.45) is 8.36. The molecule has 0 atom stereocenters. The van der Waals surface area contributed by atoms with Gasteiger partial charge in [-0.25, -0.2) is 0 Å². The first-order chi connectivity index (χ1) is 25.7. The van der Waals surface area contributed by atoms with Crippen molar-refractivity contribution in [3.8, 4) is 0 Å². The highest BCUT2D eigenvalue weighted by Gasteiger charge is 2.35. The predicted molar refractivity (Wildman–Crippen MR) is 218 cm³/mol. The van der Waals surface area contributed by atoms with Gasteiger partial charge in [0, 0.05) is 44.4 Å². The number of hydrogen-bond donors (Lipinski definition) is 1. The van der Waals surface area contributed by atoms with Gasteiger partial charge in [-0.1, -0.05) is 145 Å². The third-order valence-electron chi connectivity index (χ3n) is 8.82. The fourth-order valence-corrected chi connectivity index (χ4v) is 7.48. The van der Waals surface area contributed by atoms with E-state index in [1.54, 1.807) is 49.4 Å². The third-order valence-corrected chi connectivity index (χ3v) is 10.4. The molecule has 10 heteroatoms. The highest BCUT2D eigenvalue weighted by atomic mass is 35.5. The van der Waals surface area contributed by atoms with Crippen LogP contribution < -0.4 is 5.32 Å². The molecule has 7 nitrogen and oxygen atoms in total. The molecule has 0 radical (unpaired) electrons. The number of thioether (sulfide) groups is 1. The van der Waals surface area contributed by atoms with Gasteiger partial charge in [0.2, 0.25) is 5.91 Å². The summed E-state index contributed by atoms with van der Waals surface area (Å²) in [7, 11) is 0. The number of aliphatic imine (C=N–C) groups is 1. The smallest absolute Gasteiger partial charge is 0.285 e. The molecule has 6 rings (SSSR count). The van der Waals surface area contributed by atoms with E-state index < -0.39 is 17.9 Å². The number of rotatable bonds is 11. The second kappa shape index (κ2) is 16.9. The van der Waals surface area contributed by atoms with E-state index in [9.17, 15) is 14.4 Å². The number of fused-ring (bicyclic) bond motifs is 1. The van der Waals surface area contributed by atoms with Crippen molar-refractivity contribution in [1.82, 2.24) is 14.8 Å². The van der Waals surface area contributed by atoms with Crippen molar-refractivity contribution in [1.29, 1.82) is 0 Å². The Morgan fingerprint density at radius 2 is 1.60 bits per heavy atom. The van der Waals surface area contributed by atoms with E-state index in [0.29, 0.717) is 27.9 Å². The molecule has 53 heavy (non-hydrogen) atoms. The van der Waals surface area contributed by atoms with Gasteiger partial charge in [-0.05, 0) is 60.9 Å². The molecule has 0 bridgehead atoms. The van der Waals surface area contributed by atoms with Gasteiger partial charge in [0.25, 0.3) is 11.8 Å². The summed E-state index contributed by atoms with van der Waals surface area (Å²) >= 11 is 13.7. The molecule has 0 spiro atoms. The number of nitrogens with one attached hydrogen (secondary N) is 1. The van der Waals surface area contributed by atoms with E-state index in [2.05, 4.69) is 21.5 Å². The molecule has 1 aromatic heterocycles. The summed E-state index contributed by atoms with van der Waals surface area (Å²) in [6.45, 7) is 7.94. The van der Waals surface area contributed by atoms with Crippen LogP contribution >= 0.6 is 35.0 Å². The van der Waals surface area contributed by atoms with Crippen LogP contribution in [0.3, 0.4) is 0 Å². The first-order valence-corrected chi connectivity index (χ1v) is 18.6. The van der Waals surface area contributed by atoms with Gasteiger partial charge >= 0.3 is 0 Å². The zero-order chi connectivity index (χ0) is 37.5. The maximum absolute atomic E-state index is 14.4. The summed E-state index contributed by atoms with van der Waals surface area (Å²) in [4.78, 5) is 47.5. The fourth-order valence-electron chi connectivity index (χ4n) is 6.20. The minimum absolute atomic E-state index is 0.0901. The number of carbonyl (C=O) groups excluding carboxylic acids is 3. The van der Waals surface area contributed by atoms with Crippen LogP contribution in [0.1, 0.15) is 40.9 Å². The molecule has 2 heterocycles. The summed E-state index contributed by atoms with van der Waals surface area (Å²) < 4.78 is 2.10. The van der Waals surface area contributed by atoms with Crippen LogP contribution in [0.4, 0.5) is 0 Å². The van der Waals surface area contributed by atoms with Crippen molar-refractivity contribution < 1.29 is 14.4 Å². The van der Waals surface area contributed by atoms with Crippen molar-refractivity contribution >= 4 is 74.8 Å². The van der Waals surface area contributed by atoms with Gasteiger partial charge < -0.3 is 9.88 Å². The van der Waals surface area contributed by atoms with Crippen LogP contribution in [-0.4, -0.2) is 38.1 Å². The standard InChI is InChI=1S/C43H36Cl2N4O3S/c1-4-6-19-33(5-2)49-42(52)36(25-35-28(3)48(38-21-14-13-20-34(35)38)26-31-22-23-32(44)24-37(31)45)41(51)47-43(49)53-27-39(50)46-40(29-15-9-7-10-16-29)30-17-11-8-12-18-30/h4-25,40H,1,26-27H2,2-3H3,(H,46,50)/b19-6-,33-5+,36-25+. The monoisotopic (exact) mass is 758 g/mol. The number of amidine groups is 1. The summed E-state index contributed by atoms with van der Waals surface area (Å²) in [6, 6.07) is 32.2. The molecule has 0 unspecified atom stereocenters. The van der Waals surface area contributed by atoms with Crippen molar-refractivity contribution in [3.63, 3.8) is 0 Å². The molecule has 0 saturated carbocycles. The number of nitrogens with zero attached hydrogens (tertiary/aromatic N) is 3. The second-order valence-electron chi connectivity index (χ2n) is 12.2. The summed E-state index contributed by atoms with van der Waals surface area (Å²) in [5, 5.41) is 5.16. The van der Waals surface area contributed by atoms with Crippen LogP contribution in [0, 0.1) is 6.92 Å². The van der Waals surface area contributed by atoms with E-state index >= 15 is 0 Å². The first-order valence-electron chi connectivity index (χ1n) is 16.9. The first kappa shape index (κ1) is 37.4. The fraction of sp³-hybridized carbons (Fsp3) is 0.116. The van der Waals surface area contributed by atoms with Gasteiger partial charge in [-0.2, -0.15) is 4.99 Å². The molecular weight excluding hydrogens is 723 g/mol. The molecule has 4 aromatic carbocycles. The van der Waals surface area contributed by atoms with Crippen molar-refractivity contribution in [3.05, 3.63) is 183 Å². The number of carbonyl (C=O) groups is 3. The van der Waals surface area contributed by atoms with Crippen LogP contribution in [0.15, 0.2) is 150 Å². The van der Waals surface area contributed by atoms with Gasteiger partial charge in [0.1, 0.15) is 5.57 Å². The largest absolute Gasteiger partial charge is 0.344 e. The van der Waals surface area contributed by atoms with E-state index in [4.69, 9.17) is 23.2 Å². The van der Waals surface area contributed by atoms with Gasteiger partial charge in [0.05, 0.1) is 11.8 Å². The minimum atomic E-state index is -0.694. The van der Waals surface area contributed by atoms with Crippen LogP contribution in [-0.2, 0) is 20.9 Å². The van der Waals surface area contributed by atoms with E-state index in [0.717, 1.165) is 45.0 Å². The molecule has 0 aliphatic carbocycles. The average Bonchev–Trinajstić information content (AvgIpc) is 3.43. The highest BCUT2D eigenvalue weighted by Crippen LogP contribution is 2.33. The Bertz CT molecular complexity index is 2290. The van der Waals surface area contributed by atoms with Crippen LogP contribution in [0.2, 0.25) is 10.0 Å². The Labute approximate surface area is 323 Å². The van der Waals surface area contributed by atoms with Gasteiger partial charge in [0.15, 0.2) is 5.17 Å². The van der Waals surface area contributed by atoms with Gasteiger partial charge in [-0.15, -0.1) is 0 Å². The SMILES string of the molecule is C=C/C=C\C(=C/C)N1C(=O)/C(=C/c2c(C)n(Cc3ccc(Cl)cc3Cl)c3ccccc23)C(=O)N=C1SCC(=O)NC(c1ccccc1)c1ccccc1. The number of benzene rings is 4. The minimum Gasteiger partial charge on any atom is -0.344 e. The molecular formula is C43H36Cl2N4O3S. The maximum Gasteiger partial charge on any atom is 0.285 e. The number of halogens is 2. The number of para-hydroxylation sites is 1. The van der Waals surface area contributed by atoms with Crippen molar-refractivity contribution in [2.75, 3.05) is 5.75 Å². The number of hydrogen-bond acceptors (Lipinski definition) is 4. The molecule has 5 aromatic rings. The molecule has 0 saturated heterocycles. The van der Waals surface area contributed by atoms with Crippen LogP contribution in [0.25, 0.3) is 17.0 Å². The second-order valence-corrected chi connectivity index (χ2v) is 13.9. The van der Waals surface area contributed by atoms with Gasteiger partial charge in [-0.3, -0.25) is 19.3 Å². The zero-order valence-corrected chi connectivity index (χ0v) is 31.5. The Hall–Kier alpha value is -5.41. The van der Waals surface area contributed by atoms with E-state index in [1.165, 1.54) is 4.90 Å². The lowest BCUT2D eigenvalue weighted by Crippen LogP contribution is -2.42. The Morgan fingerprint density at radius 1 is 0.943 bits per heavy atom. The van der Waals surface area contributed by atoms with Crippen LogP contribution in [0.5, 0.6) is 0 Å². The molecule has 266 valence electrons. The van der Waals surface area contributed by atoms with E-state index in [-0.39, 0.29) is 22.4 Å². The zero-order valence-electron chi connectivity index (χ0n) is 29.1. The molecule has 1 aliphatic heterocycles. The number of allylic oxidation sites excluding steroid dienone is 4. The average molecular weight is 760 g/mol. The van der Waals surface area contributed by atoms with Crippen molar-refractivity contribution in [2.45, 2.75) is 26.4 Å². The normalized spacial score (nSPS) is 14.4. The maximum atomic E-state index is 14.4. The molecule has 0 fully saturated rings. The van der Waals surface area contributed by atoms with E-state index in [1.807, 2.05) is 97.9 Å². The lowest BCUT2D eigenvalue weighted by molar-refractivity contribution is -0.126. The Balaban J connectivity index is 1.34. The third kappa shape index (κ3) is 8.31. The highest BCUT2D eigenvalue weighted by molar-refractivity contribution is 8.14. The summed E-state index contributed by atoms with van der Waals surface area (Å²) in [5.41, 5.74) is 5.55. The predicted octanol–water partition coefficient (Wildman–Crippen LogP) is 9.70. The quantitative estimate of drug-likeness (QED) is 0.0826. The summed E-state index contributed by atoms with van der Waals surface area (Å²) in [5.74, 6) is -1.63. The molecule has 1 N–H and O–H groups in total. The Kier molecular flexibility index (Phi) is 11.9. The number of aromatic nitrogens is 1. The molecule has 3 amide bonds. The topological polar surface area (TPSA) is 83.8 Å². The number of amides is 3. The lowest BCUT2D eigenvalue weighted by atomic mass is 9.99. The lowest BCUT2D eigenvalue weighted by Gasteiger charge is -2.28.